The minimum atomic E-state index is -3.75. The van der Waals surface area contributed by atoms with Gasteiger partial charge in [0.25, 0.3) is 0 Å². The highest BCUT2D eigenvalue weighted by Gasteiger charge is 2.33. The third kappa shape index (κ3) is 15.0. The molecule has 3 amide bonds. The van der Waals surface area contributed by atoms with Crippen LogP contribution in [0.1, 0.15) is 54.0 Å². The van der Waals surface area contributed by atoms with E-state index in [0.717, 1.165) is 5.56 Å². The zero-order valence-electron chi connectivity index (χ0n) is 23.6. The SMILES string of the molecule is Cc1ccc(OC(=O)OC(C)CS(=O)(=O)CCNC(=O)CON(C(=O)OC(C)(C)C)C(=O)OC(C)(C)C)cc1. The minimum absolute atomic E-state index is 0.182. The Morgan fingerprint density at radius 1 is 0.923 bits per heavy atom. The molecule has 0 saturated heterocycles. The molecule has 13 nitrogen and oxygen atoms in total. The average Bonchev–Trinajstić information content (AvgIpc) is 2.72. The fourth-order valence-electron chi connectivity index (χ4n) is 2.67. The molecule has 39 heavy (non-hydrogen) atoms. The zero-order valence-corrected chi connectivity index (χ0v) is 24.4. The van der Waals surface area contributed by atoms with Gasteiger partial charge in [-0.2, -0.15) is 0 Å². The normalized spacial score (nSPS) is 12.6. The standard InChI is InChI=1S/C25H38N2O11S/c1-17-9-11-19(12-10-17)36-23(31)35-18(2)16-39(32,33)14-13-26-20(28)15-34-27(21(29)37-24(3,4)5)22(30)38-25(6,7)8/h9-12,18H,13-16H2,1-8H3,(H,26,28). The van der Waals surface area contributed by atoms with Gasteiger partial charge in [-0.15, -0.1) is 0 Å². The Labute approximate surface area is 228 Å². The first kappa shape index (κ1) is 33.6. The number of sulfone groups is 1. The first-order valence-electron chi connectivity index (χ1n) is 12.1. The van der Waals surface area contributed by atoms with E-state index in [0.29, 0.717) is 0 Å². The second-order valence-electron chi connectivity index (χ2n) is 10.6. The molecule has 0 aromatic heterocycles. The van der Waals surface area contributed by atoms with E-state index in [1.165, 1.54) is 6.92 Å². The van der Waals surface area contributed by atoms with Gasteiger partial charge in [-0.05, 0) is 67.5 Å². The second-order valence-corrected chi connectivity index (χ2v) is 12.8. The molecule has 1 N–H and O–H groups in total. The lowest BCUT2D eigenvalue weighted by Crippen LogP contribution is -2.45. The lowest BCUT2D eigenvalue weighted by atomic mass is 10.2. The number of nitrogens with one attached hydrogen (secondary N) is 1. The summed E-state index contributed by atoms with van der Waals surface area (Å²) in [7, 11) is -3.75. The molecule has 0 aliphatic rings. The van der Waals surface area contributed by atoms with Crippen molar-refractivity contribution in [2.75, 3.05) is 24.7 Å². The molecule has 0 saturated carbocycles. The summed E-state index contributed by atoms with van der Waals surface area (Å²) < 4.78 is 44.9. The summed E-state index contributed by atoms with van der Waals surface area (Å²) in [6, 6.07) is 6.63. The predicted molar refractivity (Wildman–Crippen MR) is 140 cm³/mol. The predicted octanol–water partition coefficient (Wildman–Crippen LogP) is 3.53. The third-order valence-corrected chi connectivity index (χ3v) is 5.99. The van der Waals surface area contributed by atoms with Crippen LogP contribution in [0, 0.1) is 6.92 Å². The van der Waals surface area contributed by atoms with Gasteiger partial charge in [0, 0.05) is 6.54 Å². The Morgan fingerprint density at radius 3 is 1.92 bits per heavy atom. The van der Waals surface area contributed by atoms with Gasteiger partial charge in [0.1, 0.15) is 23.1 Å². The number of rotatable bonds is 10. The van der Waals surface area contributed by atoms with E-state index in [4.69, 9.17) is 23.8 Å². The van der Waals surface area contributed by atoms with E-state index in [-0.39, 0.29) is 17.4 Å². The number of hydrogen-bond acceptors (Lipinski definition) is 11. The topological polar surface area (TPSA) is 164 Å². The molecule has 1 aromatic rings. The monoisotopic (exact) mass is 574 g/mol. The molecule has 0 fully saturated rings. The number of benzene rings is 1. The average molecular weight is 575 g/mol. The maximum Gasteiger partial charge on any atom is 0.514 e. The molecule has 0 heterocycles. The first-order valence-corrected chi connectivity index (χ1v) is 13.9. The van der Waals surface area contributed by atoms with Crippen LogP contribution in [-0.4, -0.2) is 79.7 Å². The van der Waals surface area contributed by atoms with Gasteiger partial charge in [0.05, 0.1) is 11.5 Å². The molecule has 0 bridgehead atoms. The second kappa shape index (κ2) is 14.1. The molecule has 220 valence electrons. The Morgan fingerprint density at radius 2 is 1.44 bits per heavy atom. The van der Waals surface area contributed by atoms with Crippen molar-refractivity contribution in [2.45, 2.75) is 72.7 Å². The van der Waals surface area contributed by atoms with Crippen LogP contribution in [-0.2, 0) is 33.7 Å². The number of carbonyl (C=O) groups excluding carboxylic acids is 4. The van der Waals surface area contributed by atoms with Gasteiger partial charge in [-0.3, -0.25) is 4.79 Å². The van der Waals surface area contributed by atoms with Crippen molar-refractivity contribution in [3.8, 4) is 5.75 Å². The van der Waals surface area contributed by atoms with Crippen molar-refractivity contribution in [1.82, 2.24) is 10.4 Å². The maximum atomic E-state index is 12.4. The Hall–Kier alpha value is -3.39. The summed E-state index contributed by atoms with van der Waals surface area (Å²) in [5, 5.41) is 2.50. The van der Waals surface area contributed by atoms with Crippen LogP contribution in [0.15, 0.2) is 24.3 Å². The quantitative estimate of drug-likeness (QED) is 0.188. The van der Waals surface area contributed by atoms with Gasteiger partial charge in [-0.1, -0.05) is 22.8 Å². The van der Waals surface area contributed by atoms with Crippen LogP contribution in [0.5, 0.6) is 5.75 Å². The highest BCUT2D eigenvalue weighted by atomic mass is 32.2. The fraction of sp³-hybridized carbons (Fsp3) is 0.600. The lowest BCUT2D eigenvalue weighted by Gasteiger charge is -2.27. The van der Waals surface area contributed by atoms with E-state index in [9.17, 15) is 27.6 Å². The van der Waals surface area contributed by atoms with Crippen molar-refractivity contribution in [3.05, 3.63) is 29.8 Å². The molecule has 1 aromatic carbocycles. The van der Waals surface area contributed by atoms with Gasteiger partial charge in [-0.25, -0.2) is 27.6 Å². The van der Waals surface area contributed by atoms with Crippen LogP contribution in [0.2, 0.25) is 0 Å². The zero-order chi connectivity index (χ0) is 30.0. The van der Waals surface area contributed by atoms with Gasteiger partial charge < -0.3 is 24.3 Å². The van der Waals surface area contributed by atoms with E-state index in [1.54, 1.807) is 65.8 Å². The molecule has 0 aliphatic heterocycles. The molecule has 1 atom stereocenters. The Kier molecular flexibility index (Phi) is 12.2. The Bertz CT molecular complexity index is 1080. The molecule has 1 rings (SSSR count). The molecule has 0 radical (unpaired) electrons. The largest absolute Gasteiger partial charge is 0.514 e. The number of imide groups is 1. The number of nitrogens with zero attached hydrogens (tertiary/aromatic N) is 1. The highest BCUT2D eigenvalue weighted by molar-refractivity contribution is 7.91. The summed E-state index contributed by atoms with van der Waals surface area (Å²) in [4.78, 5) is 53.8. The van der Waals surface area contributed by atoms with Crippen LogP contribution >= 0.6 is 0 Å². The molecule has 0 spiro atoms. The van der Waals surface area contributed by atoms with Crippen molar-refractivity contribution < 1.29 is 51.4 Å². The summed E-state index contributed by atoms with van der Waals surface area (Å²) in [5.74, 6) is -1.54. The number of carbonyl (C=O) groups is 4. The van der Waals surface area contributed by atoms with E-state index >= 15 is 0 Å². The van der Waals surface area contributed by atoms with E-state index in [2.05, 4.69) is 5.32 Å². The van der Waals surface area contributed by atoms with Gasteiger partial charge in [0.15, 0.2) is 16.4 Å². The van der Waals surface area contributed by atoms with Crippen LogP contribution < -0.4 is 10.1 Å². The Balaban J connectivity index is 2.55. The maximum absolute atomic E-state index is 12.4. The van der Waals surface area contributed by atoms with Crippen molar-refractivity contribution in [2.24, 2.45) is 0 Å². The van der Waals surface area contributed by atoms with Crippen LogP contribution in [0.3, 0.4) is 0 Å². The van der Waals surface area contributed by atoms with Crippen molar-refractivity contribution in [3.63, 3.8) is 0 Å². The summed E-state index contributed by atoms with van der Waals surface area (Å²) in [6.07, 6.45) is -4.45. The molecular formula is C25H38N2O11S. The van der Waals surface area contributed by atoms with Crippen molar-refractivity contribution >= 4 is 34.1 Å². The van der Waals surface area contributed by atoms with Crippen molar-refractivity contribution in [1.29, 1.82) is 0 Å². The lowest BCUT2D eigenvalue weighted by molar-refractivity contribution is -0.154. The minimum Gasteiger partial charge on any atom is -0.442 e. The first-order chi connectivity index (χ1) is 17.8. The van der Waals surface area contributed by atoms with E-state index < -0.39 is 69.5 Å². The molecule has 14 heteroatoms. The number of hydroxylamine groups is 2. The van der Waals surface area contributed by atoms with Gasteiger partial charge >= 0.3 is 18.3 Å². The number of ether oxygens (including phenoxy) is 4. The summed E-state index contributed by atoms with van der Waals surface area (Å²) in [5.41, 5.74) is -0.956. The number of amides is 3. The summed E-state index contributed by atoms with van der Waals surface area (Å²) >= 11 is 0. The molecule has 0 aliphatic carbocycles. The summed E-state index contributed by atoms with van der Waals surface area (Å²) in [6.45, 7) is 11.6. The fourth-order valence-corrected chi connectivity index (χ4v) is 4.04. The molecular weight excluding hydrogens is 536 g/mol. The smallest absolute Gasteiger partial charge is 0.442 e. The van der Waals surface area contributed by atoms with Crippen LogP contribution in [0.4, 0.5) is 14.4 Å². The number of hydrogen-bond donors (Lipinski definition) is 1. The number of aryl methyl sites for hydroxylation is 1. The highest BCUT2D eigenvalue weighted by Crippen LogP contribution is 2.15. The third-order valence-electron chi connectivity index (χ3n) is 4.19. The van der Waals surface area contributed by atoms with Gasteiger partial charge in [0.2, 0.25) is 5.91 Å². The van der Waals surface area contributed by atoms with Crippen LogP contribution in [0.25, 0.3) is 0 Å². The molecule has 1 unspecified atom stereocenters. The van der Waals surface area contributed by atoms with E-state index in [1.807, 2.05) is 6.92 Å².